The third-order valence-electron chi connectivity index (χ3n) is 2.31. The lowest BCUT2D eigenvalue weighted by Crippen LogP contribution is -2.14. The minimum absolute atomic E-state index is 0.0254. The maximum absolute atomic E-state index is 12.0. The SMILES string of the molecule is COc1cc(Cl)nc(NC(=O)c2ccc(I)c(O)c2)n1. The van der Waals surface area contributed by atoms with Gasteiger partial charge >= 0.3 is 0 Å². The molecule has 20 heavy (non-hydrogen) atoms. The second kappa shape index (κ2) is 6.23. The van der Waals surface area contributed by atoms with E-state index in [-0.39, 0.29) is 28.3 Å². The molecule has 8 heteroatoms. The summed E-state index contributed by atoms with van der Waals surface area (Å²) in [5.41, 5.74) is 0.283. The molecule has 0 bridgehead atoms. The molecule has 1 heterocycles. The summed E-state index contributed by atoms with van der Waals surface area (Å²) in [6.07, 6.45) is 0. The zero-order chi connectivity index (χ0) is 14.7. The standard InChI is InChI=1S/C12H9ClIN3O3/c1-20-10-5-9(13)15-12(16-10)17-11(19)6-2-3-7(14)8(18)4-6/h2-5,18H,1H3,(H,15,16,17,19). The van der Waals surface area contributed by atoms with E-state index < -0.39 is 5.91 Å². The molecule has 0 saturated heterocycles. The van der Waals surface area contributed by atoms with E-state index in [0.29, 0.717) is 3.57 Å². The monoisotopic (exact) mass is 405 g/mol. The van der Waals surface area contributed by atoms with Crippen LogP contribution < -0.4 is 10.1 Å². The van der Waals surface area contributed by atoms with Crippen molar-refractivity contribution in [2.45, 2.75) is 0 Å². The smallest absolute Gasteiger partial charge is 0.258 e. The van der Waals surface area contributed by atoms with Gasteiger partial charge in [0.25, 0.3) is 5.91 Å². The number of methoxy groups -OCH3 is 1. The average Bonchev–Trinajstić information content (AvgIpc) is 2.41. The van der Waals surface area contributed by atoms with Gasteiger partial charge in [-0.15, -0.1) is 0 Å². The molecule has 0 aliphatic carbocycles. The highest BCUT2D eigenvalue weighted by molar-refractivity contribution is 14.1. The summed E-state index contributed by atoms with van der Waals surface area (Å²) in [5.74, 6) is -0.160. The first-order valence-corrected chi connectivity index (χ1v) is 6.83. The molecule has 0 spiro atoms. The second-order valence-electron chi connectivity index (χ2n) is 3.68. The van der Waals surface area contributed by atoms with Crippen LogP contribution in [0.25, 0.3) is 0 Å². The Hall–Kier alpha value is -1.61. The number of nitrogens with one attached hydrogen (secondary N) is 1. The van der Waals surface area contributed by atoms with E-state index in [4.69, 9.17) is 16.3 Å². The fourth-order valence-electron chi connectivity index (χ4n) is 1.39. The second-order valence-corrected chi connectivity index (χ2v) is 5.23. The van der Waals surface area contributed by atoms with Gasteiger partial charge in [0.1, 0.15) is 10.9 Å². The van der Waals surface area contributed by atoms with Gasteiger partial charge in [-0.1, -0.05) is 11.6 Å². The van der Waals surface area contributed by atoms with Gasteiger partial charge in [0, 0.05) is 11.6 Å². The number of benzene rings is 1. The van der Waals surface area contributed by atoms with E-state index in [0.717, 1.165) is 0 Å². The van der Waals surface area contributed by atoms with Crippen LogP contribution in [0.15, 0.2) is 24.3 Å². The molecule has 6 nitrogen and oxygen atoms in total. The van der Waals surface area contributed by atoms with Gasteiger partial charge in [-0.3, -0.25) is 10.1 Å². The maximum atomic E-state index is 12.0. The lowest BCUT2D eigenvalue weighted by atomic mass is 10.2. The molecule has 0 atom stereocenters. The summed E-state index contributed by atoms with van der Waals surface area (Å²) >= 11 is 7.74. The molecular formula is C12H9ClIN3O3. The number of halogens is 2. The molecule has 2 N–H and O–H groups in total. The first-order chi connectivity index (χ1) is 9.49. The molecule has 2 aromatic rings. The zero-order valence-electron chi connectivity index (χ0n) is 10.2. The molecule has 0 fully saturated rings. The number of anilines is 1. The highest BCUT2D eigenvalue weighted by atomic mass is 127. The topological polar surface area (TPSA) is 84.3 Å². The maximum Gasteiger partial charge on any atom is 0.258 e. The lowest BCUT2D eigenvalue weighted by Gasteiger charge is -2.06. The molecule has 0 aliphatic heterocycles. The number of carbonyl (C=O) groups excluding carboxylic acids is 1. The van der Waals surface area contributed by atoms with Crippen LogP contribution in [-0.2, 0) is 0 Å². The van der Waals surface area contributed by atoms with E-state index in [1.165, 1.54) is 19.2 Å². The fourth-order valence-corrected chi connectivity index (χ4v) is 1.89. The summed E-state index contributed by atoms with van der Waals surface area (Å²) < 4.78 is 5.58. The number of amides is 1. The lowest BCUT2D eigenvalue weighted by molar-refractivity contribution is 0.102. The van der Waals surface area contributed by atoms with E-state index in [9.17, 15) is 9.90 Å². The van der Waals surface area contributed by atoms with Crippen molar-refractivity contribution in [2.75, 3.05) is 12.4 Å². The molecule has 0 aliphatic rings. The highest BCUT2D eigenvalue weighted by Crippen LogP contribution is 2.21. The Morgan fingerprint density at radius 1 is 1.40 bits per heavy atom. The number of ether oxygens (including phenoxy) is 1. The van der Waals surface area contributed by atoms with E-state index in [1.54, 1.807) is 12.1 Å². The van der Waals surface area contributed by atoms with Crippen molar-refractivity contribution in [1.82, 2.24) is 9.97 Å². The number of aromatic nitrogens is 2. The minimum Gasteiger partial charge on any atom is -0.507 e. The van der Waals surface area contributed by atoms with Crippen LogP contribution in [0.4, 0.5) is 5.95 Å². The summed E-state index contributed by atoms with van der Waals surface area (Å²) in [4.78, 5) is 19.8. The van der Waals surface area contributed by atoms with Crippen LogP contribution in [-0.4, -0.2) is 28.1 Å². The van der Waals surface area contributed by atoms with E-state index in [1.807, 2.05) is 22.6 Å². The molecular weight excluding hydrogens is 397 g/mol. The molecule has 0 radical (unpaired) electrons. The van der Waals surface area contributed by atoms with Gasteiger partial charge in [-0.05, 0) is 40.8 Å². The van der Waals surface area contributed by atoms with Gasteiger partial charge in [0.15, 0.2) is 0 Å². The Morgan fingerprint density at radius 2 is 2.15 bits per heavy atom. The third kappa shape index (κ3) is 3.48. The van der Waals surface area contributed by atoms with Crippen molar-refractivity contribution >= 4 is 46.0 Å². The molecule has 0 saturated carbocycles. The Balaban J connectivity index is 2.23. The molecule has 104 valence electrons. The highest BCUT2D eigenvalue weighted by Gasteiger charge is 2.11. The van der Waals surface area contributed by atoms with Crippen molar-refractivity contribution in [1.29, 1.82) is 0 Å². The van der Waals surface area contributed by atoms with Crippen molar-refractivity contribution < 1.29 is 14.6 Å². The average molecular weight is 406 g/mol. The van der Waals surface area contributed by atoms with Crippen LogP contribution in [0.5, 0.6) is 11.6 Å². The van der Waals surface area contributed by atoms with Crippen LogP contribution in [0.1, 0.15) is 10.4 Å². The Morgan fingerprint density at radius 3 is 2.80 bits per heavy atom. The first kappa shape index (κ1) is 14.8. The van der Waals surface area contributed by atoms with E-state index in [2.05, 4.69) is 15.3 Å². The quantitative estimate of drug-likeness (QED) is 0.606. The summed E-state index contributed by atoms with van der Waals surface area (Å²) in [7, 11) is 1.43. The minimum atomic E-state index is -0.457. The number of carbonyl (C=O) groups is 1. The van der Waals surface area contributed by atoms with Crippen LogP contribution in [0.3, 0.4) is 0 Å². The number of phenolic OH excluding ortho intramolecular Hbond substituents is 1. The number of hydrogen-bond acceptors (Lipinski definition) is 5. The predicted octanol–water partition coefficient (Wildman–Crippen LogP) is 2.70. The first-order valence-electron chi connectivity index (χ1n) is 5.38. The number of hydrogen-bond donors (Lipinski definition) is 2. The number of aromatic hydroxyl groups is 1. The van der Waals surface area contributed by atoms with Gasteiger partial charge in [-0.25, -0.2) is 4.98 Å². The number of phenols is 1. The van der Waals surface area contributed by atoms with Crippen molar-refractivity contribution in [2.24, 2.45) is 0 Å². The van der Waals surface area contributed by atoms with Crippen LogP contribution in [0, 0.1) is 3.57 Å². The Labute approximate surface area is 133 Å². The molecule has 1 amide bonds. The zero-order valence-corrected chi connectivity index (χ0v) is 13.1. The summed E-state index contributed by atoms with van der Waals surface area (Å²) in [5, 5.41) is 12.2. The van der Waals surface area contributed by atoms with Gasteiger partial charge in [0.2, 0.25) is 11.8 Å². The van der Waals surface area contributed by atoms with E-state index >= 15 is 0 Å². The third-order valence-corrected chi connectivity index (χ3v) is 3.42. The van der Waals surface area contributed by atoms with Gasteiger partial charge in [-0.2, -0.15) is 4.98 Å². The number of nitrogens with zero attached hydrogens (tertiary/aromatic N) is 2. The molecule has 1 aromatic heterocycles. The predicted molar refractivity (Wildman–Crippen MR) is 82.4 cm³/mol. The summed E-state index contributed by atoms with van der Waals surface area (Å²) in [6, 6.07) is 6.00. The molecule has 2 rings (SSSR count). The molecule has 0 unspecified atom stereocenters. The Kier molecular flexibility index (Phi) is 4.61. The van der Waals surface area contributed by atoms with Crippen LogP contribution >= 0.6 is 34.2 Å². The van der Waals surface area contributed by atoms with Crippen molar-refractivity contribution in [3.63, 3.8) is 0 Å². The fraction of sp³-hybridized carbons (Fsp3) is 0.0833. The van der Waals surface area contributed by atoms with Crippen molar-refractivity contribution in [3.8, 4) is 11.6 Å². The molecule has 1 aromatic carbocycles. The normalized spacial score (nSPS) is 10.2. The summed E-state index contributed by atoms with van der Waals surface area (Å²) in [6.45, 7) is 0. The van der Waals surface area contributed by atoms with Gasteiger partial charge in [0.05, 0.1) is 10.7 Å². The number of rotatable bonds is 3. The Bertz CT molecular complexity index is 666. The largest absolute Gasteiger partial charge is 0.507 e. The van der Waals surface area contributed by atoms with Gasteiger partial charge < -0.3 is 9.84 Å². The van der Waals surface area contributed by atoms with Crippen LogP contribution in [0.2, 0.25) is 5.15 Å². The van der Waals surface area contributed by atoms with Crippen molar-refractivity contribution in [3.05, 3.63) is 38.6 Å².